The van der Waals surface area contributed by atoms with Gasteiger partial charge in [0, 0.05) is 21.2 Å². The van der Waals surface area contributed by atoms with Gasteiger partial charge in [0.25, 0.3) is 0 Å². The van der Waals surface area contributed by atoms with Crippen LogP contribution >= 0.6 is 27.3 Å². The van der Waals surface area contributed by atoms with Crippen LogP contribution in [0.25, 0.3) is 0 Å². The number of halogens is 1. The minimum Gasteiger partial charge on any atom is -0.375 e. The van der Waals surface area contributed by atoms with E-state index in [1.165, 1.54) is 16.0 Å². The molecular weight excluding hydrogens is 332 g/mol. The molecule has 0 saturated carbocycles. The van der Waals surface area contributed by atoms with Gasteiger partial charge in [-0.15, -0.1) is 11.3 Å². The molecule has 4 heteroatoms. The quantitative estimate of drug-likeness (QED) is 0.849. The predicted molar refractivity (Wildman–Crippen MR) is 91.6 cm³/mol. The zero-order valence-electron chi connectivity index (χ0n) is 12.5. The Labute approximate surface area is 133 Å². The molecule has 0 spiro atoms. The van der Waals surface area contributed by atoms with Gasteiger partial charge in [-0.1, -0.05) is 49.7 Å². The first kappa shape index (κ1) is 15.5. The van der Waals surface area contributed by atoms with Crippen LogP contribution in [0.1, 0.15) is 49.4 Å². The van der Waals surface area contributed by atoms with Crippen molar-refractivity contribution in [3.05, 3.63) is 44.4 Å². The Morgan fingerprint density at radius 1 is 1.25 bits per heavy atom. The maximum Gasteiger partial charge on any atom is 0.180 e. The highest BCUT2D eigenvalue weighted by Gasteiger charge is 2.23. The summed E-state index contributed by atoms with van der Waals surface area (Å²) in [6.07, 6.45) is 1.95. The standard InChI is InChI=1S/C16H21BrN2S/c1-5-10-8-12(17)7-6-11(10)9-13-14(16(2,3)4)19-15(18)20-13/h6-8H,5,9H2,1-4H3,(H2,18,19). The maximum atomic E-state index is 5.92. The van der Waals surface area contributed by atoms with Gasteiger partial charge < -0.3 is 5.73 Å². The molecule has 0 amide bonds. The minimum absolute atomic E-state index is 0.0329. The molecule has 0 aliphatic heterocycles. The van der Waals surface area contributed by atoms with Gasteiger partial charge in [0.15, 0.2) is 5.13 Å². The van der Waals surface area contributed by atoms with Crippen LogP contribution in [0.3, 0.4) is 0 Å². The van der Waals surface area contributed by atoms with Crippen LogP contribution in [-0.4, -0.2) is 4.98 Å². The van der Waals surface area contributed by atoms with Gasteiger partial charge in [0.05, 0.1) is 5.69 Å². The molecule has 0 bridgehead atoms. The van der Waals surface area contributed by atoms with Crippen LogP contribution in [0.4, 0.5) is 5.13 Å². The van der Waals surface area contributed by atoms with Crippen molar-refractivity contribution in [3.8, 4) is 0 Å². The monoisotopic (exact) mass is 352 g/mol. The van der Waals surface area contributed by atoms with Crippen LogP contribution in [-0.2, 0) is 18.3 Å². The summed E-state index contributed by atoms with van der Waals surface area (Å²) in [5.41, 5.74) is 9.83. The topological polar surface area (TPSA) is 38.9 Å². The third-order valence-electron chi connectivity index (χ3n) is 3.32. The molecule has 0 unspecified atom stereocenters. The molecule has 1 aromatic heterocycles. The predicted octanol–water partition coefficient (Wildman–Crippen LogP) is 4.94. The summed E-state index contributed by atoms with van der Waals surface area (Å²) < 4.78 is 1.14. The molecule has 0 aliphatic carbocycles. The number of nitrogens with zero attached hydrogens (tertiary/aromatic N) is 1. The Morgan fingerprint density at radius 2 is 1.95 bits per heavy atom. The second kappa shape index (κ2) is 5.86. The number of anilines is 1. The zero-order valence-corrected chi connectivity index (χ0v) is 14.9. The third kappa shape index (κ3) is 3.41. The Balaban J connectivity index is 2.40. The van der Waals surface area contributed by atoms with Crippen molar-refractivity contribution in [1.29, 1.82) is 0 Å². The highest BCUT2D eigenvalue weighted by atomic mass is 79.9. The van der Waals surface area contributed by atoms with Crippen molar-refractivity contribution in [3.63, 3.8) is 0 Å². The van der Waals surface area contributed by atoms with Crippen molar-refractivity contribution in [2.24, 2.45) is 0 Å². The molecule has 0 atom stereocenters. The van der Waals surface area contributed by atoms with Gasteiger partial charge in [-0.2, -0.15) is 0 Å². The number of hydrogen-bond donors (Lipinski definition) is 1. The van der Waals surface area contributed by atoms with E-state index >= 15 is 0 Å². The van der Waals surface area contributed by atoms with E-state index in [0.717, 1.165) is 23.0 Å². The zero-order chi connectivity index (χ0) is 14.9. The van der Waals surface area contributed by atoms with Gasteiger partial charge >= 0.3 is 0 Å². The molecule has 0 saturated heterocycles. The number of aryl methyl sites for hydroxylation is 1. The van der Waals surface area contributed by atoms with Gasteiger partial charge in [0.2, 0.25) is 0 Å². The van der Waals surface area contributed by atoms with E-state index < -0.39 is 0 Å². The van der Waals surface area contributed by atoms with Gasteiger partial charge in [-0.25, -0.2) is 4.98 Å². The van der Waals surface area contributed by atoms with E-state index in [4.69, 9.17) is 5.73 Å². The largest absolute Gasteiger partial charge is 0.375 e. The van der Waals surface area contributed by atoms with Crippen molar-refractivity contribution < 1.29 is 0 Å². The average molecular weight is 353 g/mol. The number of aromatic nitrogens is 1. The molecule has 2 nitrogen and oxygen atoms in total. The molecule has 108 valence electrons. The van der Waals surface area contributed by atoms with E-state index in [1.54, 1.807) is 11.3 Å². The molecule has 2 N–H and O–H groups in total. The van der Waals surface area contributed by atoms with Gasteiger partial charge in [0.1, 0.15) is 0 Å². The number of hydrogen-bond acceptors (Lipinski definition) is 3. The van der Waals surface area contributed by atoms with E-state index in [2.05, 4.69) is 66.8 Å². The van der Waals surface area contributed by atoms with E-state index in [9.17, 15) is 0 Å². The summed E-state index contributed by atoms with van der Waals surface area (Å²) in [5, 5.41) is 0.667. The van der Waals surface area contributed by atoms with Crippen LogP contribution in [0, 0.1) is 0 Å². The molecule has 2 rings (SSSR count). The summed E-state index contributed by atoms with van der Waals surface area (Å²) in [7, 11) is 0. The summed E-state index contributed by atoms with van der Waals surface area (Å²) >= 11 is 5.16. The van der Waals surface area contributed by atoms with Crippen molar-refractivity contribution in [2.45, 2.75) is 46.0 Å². The highest BCUT2D eigenvalue weighted by Crippen LogP contribution is 2.33. The fourth-order valence-electron chi connectivity index (χ4n) is 2.34. The normalized spacial score (nSPS) is 11.8. The fraction of sp³-hybridized carbons (Fsp3) is 0.438. The lowest BCUT2D eigenvalue weighted by molar-refractivity contribution is 0.568. The third-order valence-corrected chi connectivity index (χ3v) is 4.70. The van der Waals surface area contributed by atoms with E-state index in [1.807, 2.05) is 0 Å². The number of nitrogen functional groups attached to an aromatic ring is 1. The maximum absolute atomic E-state index is 5.92. The first-order valence-corrected chi connectivity index (χ1v) is 8.45. The smallest absolute Gasteiger partial charge is 0.180 e. The van der Waals surface area contributed by atoms with E-state index in [-0.39, 0.29) is 5.41 Å². The Morgan fingerprint density at radius 3 is 2.55 bits per heavy atom. The lowest BCUT2D eigenvalue weighted by Gasteiger charge is -2.18. The number of nitrogens with two attached hydrogens (primary N) is 1. The second-order valence-electron chi connectivity index (χ2n) is 6.02. The molecule has 1 aromatic carbocycles. The summed E-state index contributed by atoms with van der Waals surface area (Å²) in [4.78, 5) is 5.82. The Bertz CT molecular complexity index is 611. The highest BCUT2D eigenvalue weighted by molar-refractivity contribution is 9.10. The molecule has 2 aromatic rings. The lowest BCUT2D eigenvalue weighted by atomic mass is 9.89. The number of benzene rings is 1. The minimum atomic E-state index is 0.0329. The van der Waals surface area contributed by atoms with Crippen molar-refractivity contribution >= 4 is 32.4 Å². The summed E-state index contributed by atoms with van der Waals surface area (Å²) in [6.45, 7) is 8.75. The molecule has 0 aliphatic rings. The summed E-state index contributed by atoms with van der Waals surface area (Å²) in [5.74, 6) is 0. The van der Waals surface area contributed by atoms with Crippen molar-refractivity contribution in [1.82, 2.24) is 4.98 Å². The SMILES string of the molecule is CCc1cc(Br)ccc1Cc1sc(N)nc1C(C)(C)C. The molecule has 20 heavy (non-hydrogen) atoms. The Kier molecular flexibility index (Phi) is 4.55. The Hall–Kier alpha value is -0.870. The molecule has 0 radical (unpaired) electrons. The van der Waals surface area contributed by atoms with Crippen LogP contribution in [0.15, 0.2) is 22.7 Å². The van der Waals surface area contributed by atoms with Crippen molar-refractivity contribution in [2.75, 3.05) is 5.73 Å². The molecule has 1 heterocycles. The molecule has 0 fully saturated rings. The van der Waals surface area contributed by atoms with Gasteiger partial charge in [-0.3, -0.25) is 0 Å². The van der Waals surface area contributed by atoms with Gasteiger partial charge in [-0.05, 0) is 29.7 Å². The molecular formula is C16H21BrN2S. The van der Waals surface area contributed by atoms with Crippen LogP contribution in [0.2, 0.25) is 0 Å². The lowest BCUT2D eigenvalue weighted by Crippen LogP contribution is -2.14. The average Bonchev–Trinajstić information content (AvgIpc) is 2.72. The second-order valence-corrected chi connectivity index (χ2v) is 8.05. The first-order valence-electron chi connectivity index (χ1n) is 6.84. The number of rotatable bonds is 3. The van der Waals surface area contributed by atoms with E-state index in [0.29, 0.717) is 5.13 Å². The number of thiazole rings is 1. The summed E-state index contributed by atoms with van der Waals surface area (Å²) in [6, 6.07) is 6.51. The fourth-order valence-corrected chi connectivity index (χ4v) is 3.82. The van der Waals surface area contributed by atoms with Crippen LogP contribution < -0.4 is 5.73 Å². The first-order chi connectivity index (χ1) is 9.31. The van der Waals surface area contributed by atoms with Crippen LogP contribution in [0.5, 0.6) is 0 Å².